The molecule has 0 radical (unpaired) electrons. The van der Waals surface area contributed by atoms with E-state index in [0.29, 0.717) is 0 Å². The van der Waals surface area contributed by atoms with Gasteiger partial charge in [-0.1, -0.05) is 42.8 Å². The normalized spacial score (nSPS) is 9.79. The Hall–Kier alpha value is -2.09. The van der Waals surface area contributed by atoms with E-state index in [-0.39, 0.29) is 0 Å². The van der Waals surface area contributed by atoms with E-state index < -0.39 is 0 Å². The Kier molecular flexibility index (Phi) is 16.0. The molecule has 0 bridgehead atoms. The van der Waals surface area contributed by atoms with Gasteiger partial charge in [-0.15, -0.1) is 22.4 Å². The van der Waals surface area contributed by atoms with Crippen molar-refractivity contribution < 1.29 is 0 Å². The van der Waals surface area contributed by atoms with Gasteiger partial charge in [-0.25, -0.2) is 0 Å². The Labute approximate surface area is 175 Å². The molecule has 156 valence electrons. The van der Waals surface area contributed by atoms with Gasteiger partial charge in [0.1, 0.15) is 0 Å². The zero-order chi connectivity index (χ0) is 22.3. The van der Waals surface area contributed by atoms with Crippen LogP contribution in [-0.2, 0) is 12.6 Å². The highest BCUT2D eigenvalue weighted by molar-refractivity contribution is 7.15. The summed E-state index contributed by atoms with van der Waals surface area (Å²) >= 11 is 0. The van der Waals surface area contributed by atoms with Gasteiger partial charge < -0.3 is 17.2 Å². The van der Waals surface area contributed by atoms with Crippen molar-refractivity contribution in [3.05, 3.63) is 82.9 Å². The second kappa shape index (κ2) is 15.9. The van der Waals surface area contributed by atoms with Crippen molar-refractivity contribution in [3.63, 3.8) is 0 Å². The monoisotopic (exact) mass is 401 g/mol. The molecule has 0 spiro atoms. The minimum atomic E-state index is 0.870. The van der Waals surface area contributed by atoms with Crippen LogP contribution in [0.15, 0.2) is 49.6 Å². The first-order valence-corrected chi connectivity index (χ1v) is 10.3. The SMILES string of the molecule is C/C=C(\N)c1c(C)cc(C)cc1C.C=C.CCc1ccc(CP)c(N)c1.CN. The molecule has 1 unspecified atom stereocenters. The van der Waals surface area contributed by atoms with Crippen molar-refractivity contribution in [2.75, 3.05) is 12.8 Å². The fraction of sp³-hybridized carbons (Fsp3) is 0.333. The molecule has 0 fully saturated rings. The molecule has 2 aromatic carbocycles. The molecule has 0 aliphatic rings. The van der Waals surface area contributed by atoms with Gasteiger partial charge in [0.15, 0.2) is 0 Å². The van der Waals surface area contributed by atoms with Crippen LogP contribution in [0.2, 0.25) is 0 Å². The van der Waals surface area contributed by atoms with E-state index in [1.165, 1.54) is 40.4 Å². The summed E-state index contributed by atoms with van der Waals surface area (Å²) in [7, 11) is 4.18. The van der Waals surface area contributed by atoms with Crippen molar-refractivity contribution >= 4 is 20.6 Å². The average molecular weight is 402 g/mol. The van der Waals surface area contributed by atoms with Crippen molar-refractivity contribution in [2.24, 2.45) is 11.5 Å². The third-order valence-corrected chi connectivity index (χ3v) is 4.55. The molecule has 0 aliphatic heterocycles. The molecular formula is C24H40N3P. The molecule has 0 saturated heterocycles. The summed E-state index contributed by atoms with van der Waals surface area (Å²) in [5, 5.41) is 0. The lowest BCUT2D eigenvalue weighted by atomic mass is 9.97. The van der Waals surface area contributed by atoms with Crippen molar-refractivity contribution in [3.8, 4) is 0 Å². The Morgan fingerprint density at radius 3 is 1.89 bits per heavy atom. The summed E-state index contributed by atoms with van der Waals surface area (Å²) in [5.41, 5.74) is 25.5. The highest BCUT2D eigenvalue weighted by Crippen LogP contribution is 2.21. The predicted molar refractivity (Wildman–Crippen MR) is 134 cm³/mol. The Morgan fingerprint density at radius 1 is 1.04 bits per heavy atom. The van der Waals surface area contributed by atoms with E-state index in [9.17, 15) is 0 Å². The lowest BCUT2D eigenvalue weighted by molar-refractivity contribution is 1.14. The molecule has 28 heavy (non-hydrogen) atoms. The Morgan fingerprint density at radius 2 is 1.54 bits per heavy atom. The Balaban J connectivity index is 0. The topological polar surface area (TPSA) is 78.1 Å². The predicted octanol–water partition coefficient (Wildman–Crippen LogP) is 5.51. The lowest BCUT2D eigenvalue weighted by Crippen LogP contribution is -2.01. The van der Waals surface area contributed by atoms with Crippen LogP contribution in [0.25, 0.3) is 5.70 Å². The average Bonchev–Trinajstić information content (AvgIpc) is 2.70. The fourth-order valence-electron chi connectivity index (χ4n) is 2.83. The molecule has 0 aromatic heterocycles. The van der Waals surface area contributed by atoms with E-state index in [0.717, 1.165) is 24.0 Å². The maximum atomic E-state index is 5.91. The van der Waals surface area contributed by atoms with Crippen LogP contribution in [0.5, 0.6) is 0 Å². The minimum Gasteiger partial charge on any atom is -0.398 e. The van der Waals surface area contributed by atoms with Gasteiger partial charge in [0.2, 0.25) is 0 Å². The fourth-order valence-corrected chi connectivity index (χ4v) is 3.20. The van der Waals surface area contributed by atoms with Crippen LogP contribution in [0.3, 0.4) is 0 Å². The first-order chi connectivity index (χ1) is 13.3. The molecule has 2 aromatic rings. The molecule has 0 amide bonds. The molecule has 3 nitrogen and oxygen atoms in total. The molecule has 1 atom stereocenters. The van der Waals surface area contributed by atoms with Gasteiger partial charge in [-0.2, -0.15) is 0 Å². The van der Waals surface area contributed by atoms with E-state index in [2.05, 4.69) is 86.2 Å². The van der Waals surface area contributed by atoms with Crippen molar-refractivity contribution in [1.82, 2.24) is 0 Å². The molecule has 4 heteroatoms. The van der Waals surface area contributed by atoms with Crippen LogP contribution in [-0.4, -0.2) is 7.05 Å². The van der Waals surface area contributed by atoms with Crippen LogP contribution in [0, 0.1) is 20.8 Å². The second-order valence-corrected chi connectivity index (χ2v) is 6.52. The number of rotatable bonds is 3. The molecule has 2 rings (SSSR count). The minimum absolute atomic E-state index is 0.870. The Bertz CT molecular complexity index is 714. The largest absolute Gasteiger partial charge is 0.398 e. The number of hydrogen-bond donors (Lipinski definition) is 3. The maximum Gasteiger partial charge on any atom is 0.0352 e. The van der Waals surface area contributed by atoms with E-state index in [4.69, 9.17) is 11.5 Å². The van der Waals surface area contributed by atoms with E-state index >= 15 is 0 Å². The van der Waals surface area contributed by atoms with Crippen LogP contribution >= 0.6 is 9.24 Å². The molecular weight excluding hydrogens is 361 g/mol. The van der Waals surface area contributed by atoms with Crippen LogP contribution in [0.1, 0.15) is 47.2 Å². The maximum absolute atomic E-state index is 5.91. The van der Waals surface area contributed by atoms with Gasteiger partial charge in [0.25, 0.3) is 0 Å². The highest BCUT2D eigenvalue weighted by atomic mass is 31.0. The number of allylic oxidation sites excluding steroid dienone is 1. The van der Waals surface area contributed by atoms with E-state index in [1.807, 2.05) is 13.0 Å². The molecule has 0 aliphatic carbocycles. The molecule has 0 heterocycles. The van der Waals surface area contributed by atoms with Crippen LogP contribution < -0.4 is 17.2 Å². The third-order valence-electron chi connectivity index (χ3n) is 4.12. The number of aryl methyl sites for hydroxylation is 4. The summed E-state index contributed by atoms with van der Waals surface area (Å²) in [6.45, 7) is 16.4. The smallest absolute Gasteiger partial charge is 0.0352 e. The van der Waals surface area contributed by atoms with Gasteiger partial charge in [-0.3, -0.25) is 0 Å². The summed E-state index contributed by atoms with van der Waals surface area (Å²) in [6.07, 6.45) is 3.95. The highest BCUT2D eigenvalue weighted by Gasteiger charge is 2.04. The lowest BCUT2D eigenvalue weighted by Gasteiger charge is -2.10. The summed E-state index contributed by atoms with van der Waals surface area (Å²) in [4.78, 5) is 0. The molecule has 6 N–H and O–H groups in total. The zero-order valence-electron chi connectivity index (χ0n) is 18.6. The number of nitrogen functional groups attached to an aromatic ring is 1. The van der Waals surface area contributed by atoms with E-state index in [1.54, 1.807) is 0 Å². The first-order valence-electron chi connectivity index (χ1n) is 9.49. The first kappa shape index (κ1) is 28.1. The number of nitrogens with two attached hydrogens (primary N) is 3. The zero-order valence-corrected chi connectivity index (χ0v) is 19.8. The quantitative estimate of drug-likeness (QED) is 0.360. The van der Waals surface area contributed by atoms with Gasteiger partial charge >= 0.3 is 0 Å². The van der Waals surface area contributed by atoms with Crippen LogP contribution in [0.4, 0.5) is 5.69 Å². The van der Waals surface area contributed by atoms with Gasteiger partial charge in [-0.05, 0) is 75.6 Å². The molecule has 0 saturated carbocycles. The summed E-state index contributed by atoms with van der Waals surface area (Å²) in [6, 6.07) is 10.6. The van der Waals surface area contributed by atoms with Gasteiger partial charge in [0, 0.05) is 16.9 Å². The number of anilines is 1. The number of benzene rings is 2. The summed E-state index contributed by atoms with van der Waals surface area (Å²) in [5.74, 6) is 0. The van der Waals surface area contributed by atoms with Gasteiger partial charge in [0.05, 0.1) is 0 Å². The standard InChI is InChI=1S/C12H17N.C9H14NP.C2H4.CH5N/c1-5-11(13)12-9(3)6-8(2)7-10(12)4;1-2-7-3-4-8(6-11)9(10)5-7;2*1-2/h5-7H,13H2,1-4H3;3-5H,2,6,10-11H2,1H3;1-2H2;2H2,1H3/b11-5-;;;. The van der Waals surface area contributed by atoms with Crippen molar-refractivity contribution in [2.45, 2.75) is 47.2 Å². The van der Waals surface area contributed by atoms with Crippen molar-refractivity contribution in [1.29, 1.82) is 0 Å². The third kappa shape index (κ3) is 9.21. The summed E-state index contributed by atoms with van der Waals surface area (Å²) < 4.78 is 0. The number of hydrogen-bond acceptors (Lipinski definition) is 3. The second-order valence-electron chi connectivity index (χ2n) is 6.11.